The molecule has 2 rings (SSSR count). The van der Waals surface area contributed by atoms with Crippen molar-refractivity contribution in [2.75, 3.05) is 26.6 Å². The normalized spacial score (nSPS) is 10.0. The maximum atomic E-state index is 12.5. The van der Waals surface area contributed by atoms with Gasteiger partial charge >= 0.3 is 0 Å². The lowest BCUT2D eigenvalue weighted by Crippen LogP contribution is -2.14. The quantitative estimate of drug-likeness (QED) is 0.914. The number of nitrogens with one attached hydrogen (secondary N) is 1. The molecule has 0 aliphatic carbocycles. The van der Waals surface area contributed by atoms with Crippen molar-refractivity contribution in [3.05, 3.63) is 47.0 Å². The van der Waals surface area contributed by atoms with E-state index >= 15 is 0 Å². The summed E-state index contributed by atoms with van der Waals surface area (Å²) in [6.45, 7) is 0. The summed E-state index contributed by atoms with van der Waals surface area (Å²) in [5.41, 5.74) is 0.828. The number of amides is 1. The lowest BCUT2D eigenvalue weighted by Gasteiger charge is -2.14. The van der Waals surface area contributed by atoms with Gasteiger partial charge in [0.15, 0.2) is 11.5 Å². The molecule has 0 aliphatic rings. The van der Waals surface area contributed by atoms with Gasteiger partial charge in [-0.15, -0.1) is 0 Å². The van der Waals surface area contributed by atoms with E-state index in [1.807, 2.05) is 0 Å². The minimum absolute atomic E-state index is 0.351. The highest BCUT2D eigenvalue weighted by atomic mass is 35.5. The minimum atomic E-state index is -0.351. The van der Waals surface area contributed by atoms with Gasteiger partial charge in [0.25, 0.3) is 5.91 Å². The molecule has 0 unspecified atom stereocenters. The average molecular weight is 322 g/mol. The average Bonchev–Trinajstić information content (AvgIpc) is 2.54. The molecule has 0 heterocycles. The van der Waals surface area contributed by atoms with E-state index in [0.717, 1.165) is 0 Å². The molecule has 6 heteroatoms. The molecule has 0 atom stereocenters. The van der Waals surface area contributed by atoms with Crippen LogP contribution in [0.3, 0.4) is 0 Å². The fourth-order valence-electron chi connectivity index (χ4n) is 2.03. The number of methoxy groups -OCH3 is 3. The van der Waals surface area contributed by atoms with Crippen molar-refractivity contribution in [3.8, 4) is 17.2 Å². The zero-order valence-corrected chi connectivity index (χ0v) is 13.2. The molecule has 0 spiro atoms. The number of carbonyl (C=O) groups excluding carboxylic acids is 1. The van der Waals surface area contributed by atoms with Crippen molar-refractivity contribution in [3.63, 3.8) is 0 Å². The second-order valence-corrected chi connectivity index (χ2v) is 4.78. The number of para-hydroxylation sites is 1. The van der Waals surface area contributed by atoms with Crippen molar-refractivity contribution < 1.29 is 19.0 Å². The van der Waals surface area contributed by atoms with Crippen LogP contribution < -0.4 is 19.5 Å². The van der Waals surface area contributed by atoms with E-state index in [4.69, 9.17) is 25.8 Å². The molecule has 0 fully saturated rings. The smallest absolute Gasteiger partial charge is 0.259 e. The van der Waals surface area contributed by atoms with Gasteiger partial charge in [-0.05, 0) is 30.3 Å². The van der Waals surface area contributed by atoms with Crippen molar-refractivity contribution >= 4 is 23.2 Å². The second-order valence-electron chi connectivity index (χ2n) is 4.34. The summed E-state index contributed by atoms with van der Waals surface area (Å²) < 4.78 is 15.7. The topological polar surface area (TPSA) is 56.8 Å². The molecule has 5 nitrogen and oxygen atoms in total. The first-order valence-corrected chi connectivity index (χ1v) is 6.84. The predicted octanol–water partition coefficient (Wildman–Crippen LogP) is 3.62. The third-order valence-electron chi connectivity index (χ3n) is 3.06. The van der Waals surface area contributed by atoms with Crippen LogP contribution in [0.4, 0.5) is 5.69 Å². The lowest BCUT2D eigenvalue weighted by molar-refractivity contribution is 0.102. The van der Waals surface area contributed by atoms with Crippen LogP contribution in [-0.4, -0.2) is 27.2 Å². The Kier molecular flexibility index (Phi) is 5.12. The van der Waals surface area contributed by atoms with E-state index in [0.29, 0.717) is 33.5 Å². The number of benzene rings is 2. The Morgan fingerprint density at radius 3 is 2.36 bits per heavy atom. The van der Waals surface area contributed by atoms with Gasteiger partial charge < -0.3 is 19.5 Å². The standard InChI is InChI=1S/C16H16ClNO4/c1-20-13-8-7-10(17)9-12(13)18-16(19)11-5-4-6-14(21-2)15(11)22-3/h4-9H,1-3H3,(H,18,19). The Bertz CT molecular complexity index is 688. The zero-order chi connectivity index (χ0) is 16.1. The molecule has 2 aromatic rings. The van der Waals surface area contributed by atoms with E-state index in [2.05, 4.69) is 5.32 Å². The highest BCUT2D eigenvalue weighted by Gasteiger charge is 2.17. The van der Waals surface area contributed by atoms with Crippen molar-refractivity contribution in [2.45, 2.75) is 0 Å². The highest BCUT2D eigenvalue weighted by Crippen LogP contribution is 2.33. The van der Waals surface area contributed by atoms with E-state index in [-0.39, 0.29) is 5.91 Å². The van der Waals surface area contributed by atoms with Crippen molar-refractivity contribution in [2.24, 2.45) is 0 Å². The Morgan fingerprint density at radius 1 is 1.00 bits per heavy atom. The van der Waals surface area contributed by atoms with Crippen molar-refractivity contribution in [1.82, 2.24) is 0 Å². The van der Waals surface area contributed by atoms with Crippen LogP contribution in [-0.2, 0) is 0 Å². The molecule has 0 bridgehead atoms. The number of anilines is 1. The molecule has 2 aromatic carbocycles. The SMILES string of the molecule is COc1ccc(Cl)cc1NC(=O)c1cccc(OC)c1OC. The van der Waals surface area contributed by atoms with Gasteiger partial charge in [-0.25, -0.2) is 0 Å². The maximum Gasteiger partial charge on any atom is 0.259 e. The van der Waals surface area contributed by atoms with Gasteiger partial charge in [-0.3, -0.25) is 4.79 Å². The molecule has 1 N–H and O–H groups in total. The number of rotatable bonds is 5. The summed E-state index contributed by atoms with van der Waals surface area (Å²) in [4.78, 5) is 12.5. The number of hydrogen-bond donors (Lipinski definition) is 1. The van der Waals surface area contributed by atoms with Crippen LogP contribution >= 0.6 is 11.6 Å². The largest absolute Gasteiger partial charge is 0.495 e. The lowest BCUT2D eigenvalue weighted by atomic mass is 10.1. The second kappa shape index (κ2) is 7.04. The highest BCUT2D eigenvalue weighted by molar-refractivity contribution is 6.31. The van der Waals surface area contributed by atoms with Crippen LogP contribution in [0.1, 0.15) is 10.4 Å². The summed E-state index contributed by atoms with van der Waals surface area (Å²) in [5, 5.41) is 3.25. The Balaban J connectivity index is 2.36. The number of carbonyl (C=O) groups is 1. The molecule has 1 amide bonds. The number of halogens is 1. The molecule has 0 aromatic heterocycles. The summed E-state index contributed by atoms with van der Waals surface area (Å²) in [6.07, 6.45) is 0. The van der Waals surface area contributed by atoms with Gasteiger partial charge in [0, 0.05) is 5.02 Å². The summed E-state index contributed by atoms with van der Waals surface area (Å²) in [6, 6.07) is 10.1. The van der Waals surface area contributed by atoms with Crippen LogP contribution in [0.2, 0.25) is 5.02 Å². The van der Waals surface area contributed by atoms with Gasteiger partial charge in [-0.2, -0.15) is 0 Å². The predicted molar refractivity (Wildman–Crippen MR) is 85.5 cm³/mol. The molecule has 0 saturated carbocycles. The summed E-state index contributed by atoms with van der Waals surface area (Å²) >= 11 is 5.96. The third kappa shape index (κ3) is 3.26. The first-order valence-electron chi connectivity index (χ1n) is 6.46. The van der Waals surface area contributed by atoms with Gasteiger partial charge in [0.2, 0.25) is 0 Å². The van der Waals surface area contributed by atoms with E-state index in [1.165, 1.54) is 21.3 Å². The van der Waals surface area contributed by atoms with Gasteiger partial charge in [0.1, 0.15) is 5.75 Å². The van der Waals surface area contributed by atoms with Gasteiger partial charge in [-0.1, -0.05) is 17.7 Å². The fourth-order valence-corrected chi connectivity index (χ4v) is 2.21. The van der Waals surface area contributed by atoms with E-state index < -0.39 is 0 Å². The third-order valence-corrected chi connectivity index (χ3v) is 3.29. The zero-order valence-electron chi connectivity index (χ0n) is 12.5. The van der Waals surface area contributed by atoms with Crippen molar-refractivity contribution in [1.29, 1.82) is 0 Å². The Hall–Kier alpha value is -2.40. The molecule has 0 aliphatic heterocycles. The Labute approximate surface area is 133 Å². The molecular weight excluding hydrogens is 306 g/mol. The molecule has 22 heavy (non-hydrogen) atoms. The van der Waals surface area contributed by atoms with Crippen LogP contribution in [0.25, 0.3) is 0 Å². The monoisotopic (exact) mass is 321 g/mol. The van der Waals surface area contributed by atoms with Crippen LogP contribution in [0.5, 0.6) is 17.2 Å². The van der Waals surface area contributed by atoms with Crippen LogP contribution in [0, 0.1) is 0 Å². The summed E-state index contributed by atoms with van der Waals surface area (Å²) in [5.74, 6) is 1.01. The maximum absolute atomic E-state index is 12.5. The molecule has 0 saturated heterocycles. The number of hydrogen-bond acceptors (Lipinski definition) is 4. The fraction of sp³-hybridized carbons (Fsp3) is 0.188. The first kappa shape index (κ1) is 16.0. The molecule has 0 radical (unpaired) electrons. The van der Waals surface area contributed by atoms with Crippen LogP contribution in [0.15, 0.2) is 36.4 Å². The minimum Gasteiger partial charge on any atom is -0.495 e. The van der Waals surface area contributed by atoms with Gasteiger partial charge in [0.05, 0.1) is 32.6 Å². The molecular formula is C16H16ClNO4. The van der Waals surface area contributed by atoms with E-state index in [1.54, 1.807) is 36.4 Å². The number of ether oxygens (including phenoxy) is 3. The Morgan fingerprint density at radius 2 is 1.73 bits per heavy atom. The van der Waals surface area contributed by atoms with E-state index in [9.17, 15) is 4.79 Å². The summed E-state index contributed by atoms with van der Waals surface area (Å²) in [7, 11) is 4.51. The molecule has 116 valence electrons. The first-order chi connectivity index (χ1) is 10.6.